The molecule has 1 aliphatic carbocycles. The van der Waals surface area contributed by atoms with Crippen LogP contribution >= 0.6 is 0 Å². The summed E-state index contributed by atoms with van der Waals surface area (Å²) in [4.78, 5) is 0. The molecule has 0 heterocycles. The Kier molecular flexibility index (Phi) is 6.22. The van der Waals surface area contributed by atoms with E-state index in [1.807, 2.05) is 6.92 Å². The van der Waals surface area contributed by atoms with E-state index in [1.165, 1.54) is 32.8 Å². The van der Waals surface area contributed by atoms with Crippen molar-refractivity contribution in [3.63, 3.8) is 0 Å². The minimum absolute atomic E-state index is 0.0445. The van der Waals surface area contributed by atoms with E-state index in [1.54, 1.807) is 6.07 Å². The summed E-state index contributed by atoms with van der Waals surface area (Å²) < 4.78 is 33.4. The molecule has 1 saturated carbocycles. The molecule has 0 atom stereocenters. The van der Waals surface area contributed by atoms with Gasteiger partial charge < -0.3 is 4.74 Å². The van der Waals surface area contributed by atoms with Gasteiger partial charge in [-0.3, -0.25) is 0 Å². The molecule has 3 heteroatoms. The van der Waals surface area contributed by atoms with Crippen LogP contribution in [0.2, 0.25) is 0 Å². The van der Waals surface area contributed by atoms with Crippen molar-refractivity contribution in [1.82, 2.24) is 0 Å². The summed E-state index contributed by atoms with van der Waals surface area (Å²) >= 11 is 0. The van der Waals surface area contributed by atoms with Crippen LogP contribution in [0.5, 0.6) is 5.75 Å². The molecule has 0 spiro atoms. The molecule has 0 N–H and O–H groups in total. The van der Waals surface area contributed by atoms with Gasteiger partial charge in [-0.05, 0) is 61.1 Å². The monoisotopic (exact) mass is 310 g/mol. The summed E-state index contributed by atoms with van der Waals surface area (Å²) in [6, 6.07) is 1.74. The van der Waals surface area contributed by atoms with Gasteiger partial charge in [-0.1, -0.05) is 33.1 Å². The Hall–Kier alpha value is -1.12. The van der Waals surface area contributed by atoms with Crippen molar-refractivity contribution in [3.8, 4) is 5.75 Å². The number of hydrogen-bond donors (Lipinski definition) is 0. The van der Waals surface area contributed by atoms with Gasteiger partial charge in [-0.25, -0.2) is 4.39 Å². The predicted molar refractivity (Wildman–Crippen MR) is 86.5 cm³/mol. The molecule has 124 valence electrons. The number of methoxy groups -OCH3 is 1. The molecule has 1 aromatic rings. The quantitative estimate of drug-likeness (QED) is 0.626. The largest absolute Gasteiger partial charge is 0.494 e. The second-order valence-corrected chi connectivity index (χ2v) is 6.53. The first kappa shape index (κ1) is 17.2. The van der Waals surface area contributed by atoms with Crippen LogP contribution in [-0.2, 0) is 6.42 Å². The third-order valence-corrected chi connectivity index (χ3v) is 5.01. The Morgan fingerprint density at radius 2 is 1.73 bits per heavy atom. The minimum Gasteiger partial charge on any atom is -0.494 e. The van der Waals surface area contributed by atoms with Gasteiger partial charge in [0, 0.05) is 0 Å². The normalized spacial score (nSPS) is 21.9. The molecule has 22 heavy (non-hydrogen) atoms. The highest BCUT2D eigenvalue weighted by Crippen LogP contribution is 2.41. The maximum Gasteiger partial charge on any atom is 0.200 e. The Balaban J connectivity index is 2.27. The Morgan fingerprint density at radius 1 is 1.05 bits per heavy atom. The van der Waals surface area contributed by atoms with Crippen LogP contribution in [0.25, 0.3) is 0 Å². The molecule has 1 aromatic carbocycles. The second-order valence-electron chi connectivity index (χ2n) is 6.53. The topological polar surface area (TPSA) is 9.23 Å². The summed E-state index contributed by atoms with van der Waals surface area (Å²) in [5.74, 6) is -0.342. The van der Waals surface area contributed by atoms with Crippen LogP contribution in [0.15, 0.2) is 6.07 Å². The molecule has 0 amide bonds. The lowest BCUT2D eigenvalue weighted by Crippen LogP contribution is -2.16. The van der Waals surface area contributed by atoms with Crippen LogP contribution in [0, 0.1) is 17.6 Å². The average Bonchev–Trinajstić information content (AvgIpc) is 2.53. The zero-order chi connectivity index (χ0) is 16.1. The third-order valence-electron chi connectivity index (χ3n) is 5.01. The zero-order valence-corrected chi connectivity index (χ0v) is 14.1. The van der Waals surface area contributed by atoms with Crippen LogP contribution in [0.4, 0.5) is 8.78 Å². The Morgan fingerprint density at radius 3 is 2.27 bits per heavy atom. The standard InChI is InChI=1S/C19H28F2O/c1-4-6-13-8-10-14(11-9-13)16-12-17(22-3)19(21)18(20)15(16)7-5-2/h12-14H,4-11H2,1-3H3. The number of halogens is 2. The number of benzene rings is 1. The first-order valence-corrected chi connectivity index (χ1v) is 8.67. The maximum atomic E-state index is 14.4. The average molecular weight is 310 g/mol. The number of ether oxygens (including phenoxy) is 1. The van der Waals surface area contributed by atoms with E-state index in [-0.39, 0.29) is 5.75 Å². The smallest absolute Gasteiger partial charge is 0.200 e. The van der Waals surface area contributed by atoms with E-state index in [9.17, 15) is 8.78 Å². The molecule has 0 radical (unpaired) electrons. The summed E-state index contributed by atoms with van der Waals surface area (Å²) in [6.45, 7) is 4.23. The van der Waals surface area contributed by atoms with Crippen molar-refractivity contribution in [2.45, 2.75) is 71.1 Å². The SMILES string of the molecule is CCCc1c(C2CCC(CCC)CC2)cc(OC)c(F)c1F. The zero-order valence-electron chi connectivity index (χ0n) is 14.1. The number of hydrogen-bond acceptors (Lipinski definition) is 1. The van der Waals surface area contributed by atoms with Gasteiger partial charge in [-0.2, -0.15) is 4.39 Å². The first-order valence-electron chi connectivity index (χ1n) is 8.67. The lowest BCUT2D eigenvalue weighted by atomic mass is 9.75. The highest BCUT2D eigenvalue weighted by Gasteiger charge is 2.27. The molecule has 0 unspecified atom stereocenters. The first-order chi connectivity index (χ1) is 10.6. The highest BCUT2D eigenvalue weighted by molar-refractivity contribution is 5.41. The van der Waals surface area contributed by atoms with Gasteiger partial charge in [0.25, 0.3) is 0 Å². The molecular weight excluding hydrogens is 282 g/mol. The van der Waals surface area contributed by atoms with E-state index in [4.69, 9.17) is 4.74 Å². The van der Waals surface area contributed by atoms with Crippen molar-refractivity contribution in [2.75, 3.05) is 7.11 Å². The fourth-order valence-electron chi connectivity index (χ4n) is 3.85. The van der Waals surface area contributed by atoms with Crippen LogP contribution < -0.4 is 4.74 Å². The molecule has 0 bridgehead atoms. The number of rotatable bonds is 6. The minimum atomic E-state index is -0.839. The fraction of sp³-hybridized carbons (Fsp3) is 0.684. The van der Waals surface area contributed by atoms with Gasteiger partial charge in [-0.15, -0.1) is 0 Å². The van der Waals surface area contributed by atoms with Crippen molar-refractivity contribution < 1.29 is 13.5 Å². The van der Waals surface area contributed by atoms with Gasteiger partial charge in [0.15, 0.2) is 11.6 Å². The fourth-order valence-corrected chi connectivity index (χ4v) is 3.85. The predicted octanol–water partition coefficient (Wildman–Crippen LogP) is 6.00. The Labute approximate surface area is 133 Å². The van der Waals surface area contributed by atoms with Crippen LogP contribution in [0.3, 0.4) is 0 Å². The molecule has 1 aliphatic rings. The summed E-state index contributed by atoms with van der Waals surface area (Å²) in [6.07, 6.45) is 8.49. The van der Waals surface area contributed by atoms with Crippen LogP contribution in [-0.4, -0.2) is 7.11 Å². The Bertz CT molecular complexity index is 491. The van der Waals surface area contributed by atoms with Crippen molar-refractivity contribution >= 4 is 0 Å². The molecule has 2 rings (SSSR count). The van der Waals surface area contributed by atoms with E-state index in [2.05, 4.69) is 6.92 Å². The van der Waals surface area contributed by atoms with E-state index in [0.717, 1.165) is 30.7 Å². The third kappa shape index (κ3) is 3.61. The molecule has 1 fully saturated rings. The maximum absolute atomic E-state index is 14.4. The van der Waals surface area contributed by atoms with Gasteiger partial charge in [0.2, 0.25) is 5.82 Å². The van der Waals surface area contributed by atoms with Gasteiger partial charge in [0.05, 0.1) is 7.11 Å². The molecule has 1 nitrogen and oxygen atoms in total. The molecular formula is C19H28F2O. The second kappa shape index (κ2) is 7.94. The highest BCUT2D eigenvalue weighted by atomic mass is 19.2. The van der Waals surface area contributed by atoms with E-state index in [0.29, 0.717) is 17.9 Å². The van der Waals surface area contributed by atoms with Gasteiger partial charge >= 0.3 is 0 Å². The molecule has 0 saturated heterocycles. The van der Waals surface area contributed by atoms with Crippen LogP contribution in [0.1, 0.15) is 75.8 Å². The van der Waals surface area contributed by atoms with Gasteiger partial charge in [0.1, 0.15) is 0 Å². The molecule has 0 aliphatic heterocycles. The van der Waals surface area contributed by atoms with Crippen molar-refractivity contribution in [3.05, 3.63) is 28.8 Å². The van der Waals surface area contributed by atoms with Crippen molar-refractivity contribution in [1.29, 1.82) is 0 Å². The summed E-state index contributed by atoms with van der Waals surface area (Å²) in [5, 5.41) is 0. The lowest BCUT2D eigenvalue weighted by Gasteiger charge is -2.30. The molecule has 0 aromatic heterocycles. The lowest BCUT2D eigenvalue weighted by molar-refractivity contribution is 0.305. The van der Waals surface area contributed by atoms with E-state index >= 15 is 0 Å². The van der Waals surface area contributed by atoms with Crippen molar-refractivity contribution in [2.24, 2.45) is 5.92 Å². The summed E-state index contributed by atoms with van der Waals surface area (Å²) in [5.41, 5.74) is 1.55. The summed E-state index contributed by atoms with van der Waals surface area (Å²) in [7, 11) is 1.40. The van der Waals surface area contributed by atoms with E-state index < -0.39 is 11.6 Å².